The summed E-state index contributed by atoms with van der Waals surface area (Å²) in [5.74, 6) is -0.0117. The first-order valence-corrected chi connectivity index (χ1v) is 8.51. The molecule has 4 heteroatoms. The average Bonchev–Trinajstić information content (AvgIpc) is 2.58. The zero-order valence-electron chi connectivity index (χ0n) is 14.6. The molecule has 1 heterocycles. The van der Waals surface area contributed by atoms with Gasteiger partial charge >= 0.3 is 0 Å². The van der Waals surface area contributed by atoms with Gasteiger partial charge in [0.2, 0.25) is 5.91 Å². The van der Waals surface area contributed by atoms with Crippen molar-refractivity contribution in [3.05, 3.63) is 75.6 Å². The minimum Gasteiger partial charge on any atom is -0.326 e. The Hall–Kier alpha value is -2.88. The zero-order chi connectivity index (χ0) is 17.8. The Morgan fingerprint density at radius 3 is 2.64 bits per heavy atom. The van der Waals surface area contributed by atoms with Crippen LogP contribution in [0.5, 0.6) is 0 Å². The molecule has 0 spiro atoms. The van der Waals surface area contributed by atoms with E-state index >= 15 is 0 Å². The molecular weight excluding hydrogens is 312 g/mol. The number of hydrogen-bond donors (Lipinski definition) is 2. The lowest BCUT2D eigenvalue weighted by atomic mass is 10.0. The van der Waals surface area contributed by atoms with Crippen molar-refractivity contribution in [1.29, 1.82) is 0 Å². The van der Waals surface area contributed by atoms with E-state index in [0.717, 1.165) is 23.7 Å². The van der Waals surface area contributed by atoms with Gasteiger partial charge in [-0.3, -0.25) is 9.59 Å². The highest BCUT2D eigenvalue weighted by Crippen LogP contribution is 2.17. The van der Waals surface area contributed by atoms with Gasteiger partial charge in [0.15, 0.2) is 0 Å². The topological polar surface area (TPSA) is 62.0 Å². The minimum absolute atomic E-state index is 0.0117. The Morgan fingerprint density at radius 2 is 1.84 bits per heavy atom. The molecule has 2 aromatic carbocycles. The number of aromatic nitrogens is 1. The maximum absolute atomic E-state index is 12.2. The first kappa shape index (κ1) is 17.0. The van der Waals surface area contributed by atoms with Crippen LogP contribution in [0, 0.1) is 13.8 Å². The number of fused-ring (bicyclic) bond motifs is 1. The van der Waals surface area contributed by atoms with E-state index in [2.05, 4.69) is 29.4 Å². The molecule has 0 saturated heterocycles. The van der Waals surface area contributed by atoms with Crippen LogP contribution in [0.15, 0.2) is 53.3 Å². The van der Waals surface area contributed by atoms with Gasteiger partial charge in [-0.15, -0.1) is 0 Å². The fourth-order valence-electron chi connectivity index (χ4n) is 2.94. The van der Waals surface area contributed by atoms with E-state index in [1.54, 1.807) is 13.0 Å². The summed E-state index contributed by atoms with van der Waals surface area (Å²) in [5.41, 5.74) is 4.56. The summed E-state index contributed by atoms with van der Waals surface area (Å²) >= 11 is 0. The van der Waals surface area contributed by atoms with Crippen molar-refractivity contribution in [3.8, 4) is 0 Å². The van der Waals surface area contributed by atoms with Crippen LogP contribution < -0.4 is 10.9 Å². The predicted octanol–water partition coefficient (Wildman–Crippen LogP) is 4.11. The number of anilines is 1. The molecular formula is C21H22N2O2. The van der Waals surface area contributed by atoms with Gasteiger partial charge in [-0.1, -0.05) is 30.3 Å². The molecule has 0 radical (unpaired) electrons. The van der Waals surface area contributed by atoms with Crippen molar-refractivity contribution in [2.45, 2.75) is 33.1 Å². The molecule has 0 unspecified atom stereocenters. The maximum atomic E-state index is 12.2. The number of carbonyl (C=O) groups is 1. The number of pyridine rings is 1. The van der Waals surface area contributed by atoms with E-state index in [-0.39, 0.29) is 11.5 Å². The summed E-state index contributed by atoms with van der Waals surface area (Å²) in [7, 11) is 0. The minimum atomic E-state index is -0.103. The van der Waals surface area contributed by atoms with E-state index in [9.17, 15) is 9.59 Å². The SMILES string of the molecule is Cc1ccccc1CCCC(=O)Nc1ccc2cc(C)c(=O)[nH]c2c1. The molecule has 1 amide bonds. The molecule has 0 aliphatic carbocycles. The van der Waals surface area contributed by atoms with Crippen LogP contribution in [0.3, 0.4) is 0 Å². The largest absolute Gasteiger partial charge is 0.326 e. The van der Waals surface area contributed by atoms with Crippen LogP contribution in [0.25, 0.3) is 10.9 Å². The van der Waals surface area contributed by atoms with Crippen molar-refractivity contribution in [2.75, 3.05) is 5.32 Å². The number of amides is 1. The molecule has 0 aliphatic rings. The van der Waals surface area contributed by atoms with Crippen molar-refractivity contribution >= 4 is 22.5 Å². The summed E-state index contributed by atoms with van der Waals surface area (Å²) in [5, 5.41) is 3.86. The first-order chi connectivity index (χ1) is 12.0. The molecule has 3 rings (SSSR count). The highest BCUT2D eigenvalue weighted by molar-refractivity contribution is 5.93. The predicted molar refractivity (Wildman–Crippen MR) is 102 cm³/mol. The van der Waals surface area contributed by atoms with Crippen LogP contribution in [-0.2, 0) is 11.2 Å². The quantitative estimate of drug-likeness (QED) is 0.738. The monoisotopic (exact) mass is 334 g/mol. The molecule has 0 bridgehead atoms. The van der Waals surface area contributed by atoms with Gasteiger partial charge in [-0.25, -0.2) is 0 Å². The smallest absolute Gasteiger partial charge is 0.251 e. The number of H-pyrrole nitrogens is 1. The molecule has 0 aliphatic heterocycles. The van der Waals surface area contributed by atoms with Gasteiger partial charge in [-0.2, -0.15) is 0 Å². The van der Waals surface area contributed by atoms with Crippen molar-refractivity contribution < 1.29 is 4.79 Å². The van der Waals surface area contributed by atoms with Crippen molar-refractivity contribution in [3.63, 3.8) is 0 Å². The molecule has 0 atom stereocenters. The second-order valence-electron chi connectivity index (χ2n) is 6.41. The standard InChI is InChI=1S/C21H22N2O2/c1-14-6-3-4-7-16(14)8-5-9-20(24)22-18-11-10-17-12-15(2)21(25)23-19(17)13-18/h3-4,6-7,10-13H,5,8-9H2,1-2H3,(H,22,24)(H,23,25). The fourth-order valence-corrected chi connectivity index (χ4v) is 2.94. The molecule has 1 aromatic heterocycles. The summed E-state index contributed by atoms with van der Waals surface area (Å²) in [6.45, 7) is 3.87. The van der Waals surface area contributed by atoms with Gasteiger partial charge in [-0.05, 0) is 61.4 Å². The lowest BCUT2D eigenvalue weighted by Crippen LogP contribution is -2.12. The normalized spacial score (nSPS) is 10.8. The van der Waals surface area contributed by atoms with Gasteiger partial charge < -0.3 is 10.3 Å². The van der Waals surface area contributed by atoms with E-state index in [1.165, 1.54) is 11.1 Å². The maximum Gasteiger partial charge on any atom is 0.251 e. The molecule has 128 valence electrons. The summed E-state index contributed by atoms with van der Waals surface area (Å²) < 4.78 is 0. The van der Waals surface area contributed by atoms with Gasteiger partial charge in [0.25, 0.3) is 5.56 Å². The number of aryl methyl sites for hydroxylation is 3. The zero-order valence-corrected chi connectivity index (χ0v) is 14.6. The van der Waals surface area contributed by atoms with Crippen molar-refractivity contribution in [2.24, 2.45) is 0 Å². The van der Waals surface area contributed by atoms with Gasteiger partial charge in [0.05, 0.1) is 5.52 Å². The Labute approximate surface area is 146 Å². The highest BCUT2D eigenvalue weighted by atomic mass is 16.1. The molecule has 0 fully saturated rings. The lowest BCUT2D eigenvalue weighted by molar-refractivity contribution is -0.116. The highest BCUT2D eigenvalue weighted by Gasteiger charge is 2.06. The van der Waals surface area contributed by atoms with Gasteiger partial charge in [0.1, 0.15) is 0 Å². The van der Waals surface area contributed by atoms with Crippen LogP contribution in [-0.4, -0.2) is 10.9 Å². The number of aromatic amines is 1. The van der Waals surface area contributed by atoms with Crippen LogP contribution >= 0.6 is 0 Å². The second-order valence-corrected chi connectivity index (χ2v) is 6.41. The van der Waals surface area contributed by atoms with E-state index in [0.29, 0.717) is 17.7 Å². The first-order valence-electron chi connectivity index (χ1n) is 8.51. The van der Waals surface area contributed by atoms with Crippen LogP contribution in [0.1, 0.15) is 29.5 Å². The third-order valence-electron chi connectivity index (χ3n) is 4.43. The Balaban J connectivity index is 1.61. The third-order valence-corrected chi connectivity index (χ3v) is 4.43. The molecule has 2 N–H and O–H groups in total. The molecule has 3 aromatic rings. The number of hydrogen-bond acceptors (Lipinski definition) is 2. The number of carbonyl (C=O) groups excluding carboxylic acids is 1. The summed E-state index contributed by atoms with van der Waals surface area (Å²) in [6, 6.07) is 15.7. The van der Waals surface area contributed by atoms with E-state index in [1.807, 2.05) is 30.3 Å². The second kappa shape index (κ2) is 7.34. The Bertz CT molecular complexity index is 973. The number of rotatable bonds is 5. The fraction of sp³-hybridized carbons (Fsp3) is 0.238. The summed E-state index contributed by atoms with van der Waals surface area (Å²) in [4.78, 5) is 26.7. The number of nitrogens with one attached hydrogen (secondary N) is 2. The Kier molecular flexibility index (Phi) is 4.98. The number of benzene rings is 2. The molecule has 25 heavy (non-hydrogen) atoms. The van der Waals surface area contributed by atoms with Crippen molar-refractivity contribution in [1.82, 2.24) is 4.98 Å². The average molecular weight is 334 g/mol. The van der Waals surface area contributed by atoms with E-state index < -0.39 is 0 Å². The molecule has 0 saturated carbocycles. The van der Waals surface area contributed by atoms with Gasteiger partial charge in [0, 0.05) is 17.7 Å². The van der Waals surface area contributed by atoms with E-state index in [4.69, 9.17) is 0 Å². The third kappa shape index (κ3) is 4.15. The Morgan fingerprint density at radius 1 is 1.04 bits per heavy atom. The molecule has 4 nitrogen and oxygen atoms in total. The van der Waals surface area contributed by atoms with Crippen LogP contribution in [0.2, 0.25) is 0 Å². The summed E-state index contributed by atoms with van der Waals surface area (Å²) in [6.07, 6.45) is 2.17. The lowest BCUT2D eigenvalue weighted by Gasteiger charge is -2.08. The van der Waals surface area contributed by atoms with Crippen LogP contribution in [0.4, 0.5) is 5.69 Å².